The van der Waals surface area contributed by atoms with Crippen molar-refractivity contribution in [2.45, 2.75) is 24.4 Å². The summed E-state index contributed by atoms with van der Waals surface area (Å²) in [5, 5.41) is 8.83. The van der Waals surface area contributed by atoms with Crippen molar-refractivity contribution in [1.29, 1.82) is 0 Å². The minimum Gasteiger partial charge on any atom is -0.481 e. The number of hydrogen-bond acceptors (Lipinski definition) is 5. The van der Waals surface area contributed by atoms with Crippen LogP contribution in [0.3, 0.4) is 0 Å². The van der Waals surface area contributed by atoms with Crippen molar-refractivity contribution in [3.8, 4) is 0 Å². The highest BCUT2D eigenvalue weighted by Gasteiger charge is 2.59. The number of rotatable bonds is 4. The van der Waals surface area contributed by atoms with E-state index in [1.807, 2.05) is 0 Å². The Hall–Kier alpha value is -1.87. The first-order chi connectivity index (χ1) is 11.2. The van der Waals surface area contributed by atoms with Gasteiger partial charge in [0, 0.05) is 33.3 Å². The molecule has 1 aromatic heterocycles. The highest BCUT2D eigenvalue weighted by Crippen LogP contribution is 2.59. The highest BCUT2D eigenvalue weighted by atomic mass is 32.2. The van der Waals surface area contributed by atoms with Crippen LogP contribution in [-0.2, 0) is 14.8 Å². The first-order valence-electron chi connectivity index (χ1n) is 7.70. The molecule has 3 rings (SSSR count). The number of sulfonamides is 1. The lowest BCUT2D eigenvalue weighted by Crippen LogP contribution is -2.39. The number of carbonyl (C=O) groups excluding carboxylic acids is 1. The van der Waals surface area contributed by atoms with Gasteiger partial charge in [0.15, 0.2) is 0 Å². The lowest BCUT2D eigenvalue weighted by atomic mass is 9.90. The van der Waals surface area contributed by atoms with Crippen LogP contribution in [-0.4, -0.2) is 61.8 Å². The molecule has 0 bridgehead atoms. The van der Waals surface area contributed by atoms with Crippen LogP contribution < -0.4 is 0 Å². The lowest BCUT2D eigenvalue weighted by Gasteiger charge is -2.32. The molecule has 0 radical (unpaired) electrons. The third-order valence-electron chi connectivity index (χ3n) is 5.09. The Labute approximate surface area is 140 Å². The van der Waals surface area contributed by atoms with Crippen LogP contribution in [0.5, 0.6) is 0 Å². The molecule has 2 fully saturated rings. The maximum atomic E-state index is 12.5. The maximum absolute atomic E-state index is 12.5. The van der Waals surface area contributed by atoms with E-state index >= 15 is 0 Å². The van der Waals surface area contributed by atoms with Crippen LogP contribution >= 0.6 is 0 Å². The molecule has 2 heterocycles. The van der Waals surface area contributed by atoms with Crippen molar-refractivity contribution in [3.63, 3.8) is 0 Å². The summed E-state index contributed by atoms with van der Waals surface area (Å²) in [6.45, 7) is 0.952. The molecular weight excluding hydrogens is 336 g/mol. The van der Waals surface area contributed by atoms with E-state index in [0.717, 1.165) is 10.6 Å². The fourth-order valence-corrected chi connectivity index (χ4v) is 4.14. The Morgan fingerprint density at radius 1 is 1.33 bits per heavy atom. The standard InChI is InChI=1S/C15H20N2O6S/c1-16(2)24(21,22)12-7-10(9-23-12)13(18)17-5-3-15(4-6-17)8-11(15)14(19)20/h7,9,11H,3-6,8H2,1-2H3,(H,19,20). The molecule has 1 unspecified atom stereocenters. The molecule has 0 aromatic carbocycles. The summed E-state index contributed by atoms with van der Waals surface area (Å²) in [5.74, 6) is -1.34. The predicted molar refractivity (Wildman–Crippen MR) is 82.9 cm³/mol. The molecule has 24 heavy (non-hydrogen) atoms. The van der Waals surface area contributed by atoms with E-state index in [2.05, 4.69) is 0 Å². The molecule has 1 aliphatic heterocycles. The number of carbonyl (C=O) groups is 2. The normalized spacial score (nSPS) is 22.8. The second kappa shape index (κ2) is 5.59. The summed E-state index contributed by atoms with van der Waals surface area (Å²) in [4.78, 5) is 25.2. The van der Waals surface area contributed by atoms with Crippen molar-refractivity contribution in [2.24, 2.45) is 11.3 Å². The average molecular weight is 356 g/mol. The van der Waals surface area contributed by atoms with E-state index < -0.39 is 16.0 Å². The molecular formula is C15H20N2O6S. The van der Waals surface area contributed by atoms with E-state index in [9.17, 15) is 18.0 Å². The van der Waals surface area contributed by atoms with Crippen LogP contribution in [0, 0.1) is 11.3 Å². The Morgan fingerprint density at radius 3 is 2.46 bits per heavy atom. The Bertz CT molecular complexity index is 774. The number of furan rings is 1. The predicted octanol–water partition coefficient (Wildman–Crippen LogP) is 0.857. The maximum Gasteiger partial charge on any atom is 0.307 e. The van der Waals surface area contributed by atoms with Gasteiger partial charge in [-0.1, -0.05) is 0 Å². The Morgan fingerprint density at radius 2 is 1.96 bits per heavy atom. The van der Waals surface area contributed by atoms with E-state index in [-0.39, 0.29) is 27.9 Å². The molecule has 1 saturated carbocycles. The molecule has 132 valence electrons. The van der Waals surface area contributed by atoms with Crippen LogP contribution in [0.25, 0.3) is 0 Å². The second-order valence-electron chi connectivity index (χ2n) is 6.69. The molecule has 9 heteroatoms. The van der Waals surface area contributed by atoms with Gasteiger partial charge in [0.05, 0.1) is 11.5 Å². The molecule has 8 nitrogen and oxygen atoms in total. The zero-order valence-corrected chi connectivity index (χ0v) is 14.4. The van der Waals surface area contributed by atoms with E-state index in [0.29, 0.717) is 32.4 Å². The lowest BCUT2D eigenvalue weighted by molar-refractivity contribution is -0.139. The smallest absolute Gasteiger partial charge is 0.307 e. The molecule has 1 spiro atoms. The third-order valence-corrected chi connectivity index (χ3v) is 6.78. The number of nitrogens with zero attached hydrogens (tertiary/aromatic N) is 2. The van der Waals surface area contributed by atoms with Gasteiger partial charge in [-0.05, 0) is 24.7 Å². The van der Waals surface area contributed by atoms with Crippen LogP contribution in [0.4, 0.5) is 0 Å². The van der Waals surface area contributed by atoms with Crippen molar-refractivity contribution in [2.75, 3.05) is 27.2 Å². The highest BCUT2D eigenvalue weighted by molar-refractivity contribution is 7.88. The van der Waals surface area contributed by atoms with E-state index in [4.69, 9.17) is 9.52 Å². The van der Waals surface area contributed by atoms with Gasteiger partial charge in [-0.2, -0.15) is 0 Å². The fourth-order valence-electron chi connectivity index (χ4n) is 3.33. The number of carboxylic acid groups (broad SMARTS) is 1. The number of hydrogen-bond donors (Lipinski definition) is 1. The van der Waals surface area contributed by atoms with Crippen molar-refractivity contribution in [3.05, 3.63) is 17.9 Å². The van der Waals surface area contributed by atoms with Gasteiger partial charge in [0.1, 0.15) is 6.26 Å². The molecule has 1 N–H and O–H groups in total. The summed E-state index contributed by atoms with van der Waals surface area (Å²) < 4.78 is 30.0. The quantitative estimate of drug-likeness (QED) is 0.857. The fraction of sp³-hybridized carbons (Fsp3) is 0.600. The van der Waals surface area contributed by atoms with Gasteiger partial charge in [0.2, 0.25) is 5.09 Å². The zero-order chi connectivity index (χ0) is 17.7. The monoisotopic (exact) mass is 356 g/mol. The number of likely N-dealkylation sites (tertiary alicyclic amines) is 1. The van der Waals surface area contributed by atoms with Crippen LogP contribution in [0.2, 0.25) is 0 Å². The van der Waals surface area contributed by atoms with Crippen molar-refractivity contribution in [1.82, 2.24) is 9.21 Å². The Kier molecular flexibility index (Phi) is 3.95. The summed E-state index contributed by atoms with van der Waals surface area (Å²) in [7, 11) is -0.941. The van der Waals surface area contributed by atoms with Crippen LogP contribution in [0.15, 0.2) is 21.8 Å². The van der Waals surface area contributed by atoms with Gasteiger partial charge in [0.25, 0.3) is 15.9 Å². The topological polar surface area (TPSA) is 108 Å². The number of aliphatic carboxylic acids is 1. The molecule has 2 aliphatic rings. The van der Waals surface area contributed by atoms with E-state index in [1.54, 1.807) is 4.90 Å². The van der Waals surface area contributed by atoms with Crippen molar-refractivity contribution >= 4 is 21.9 Å². The summed E-state index contributed by atoms with van der Waals surface area (Å²) in [6.07, 6.45) is 3.16. The summed E-state index contributed by atoms with van der Waals surface area (Å²) in [5.41, 5.74) is 0.0373. The minimum atomic E-state index is -3.72. The van der Waals surface area contributed by atoms with Gasteiger partial charge < -0.3 is 14.4 Å². The van der Waals surface area contributed by atoms with Gasteiger partial charge >= 0.3 is 5.97 Å². The van der Waals surface area contributed by atoms with Crippen molar-refractivity contribution < 1.29 is 27.5 Å². The van der Waals surface area contributed by atoms with Gasteiger partial charge in [-0.3, -0.25) is 9.59 Å². The van der Waals surface area contributed by atoms with Crippen LogP contribution in [0.1, 0.15) is 29.6 Å². The number of carboxylic acids is 1. The number of piperidine rings is 1. The first kappa shape index (κ1) is 17.0. The molecule has 1 amide bonds. The SMILES string of the molecule is CN(C)S(=O)(=O)c1cc(C(=O)N2CCC3(CC2)CC3C(=O)O)co1. The molecule has 1 atom stereocenters. The average Bonchev–Trinajstić information content (AvgIpc) is 3.00. The zero-order valence-electron chi connectivity index (χ0n) is 13.6. The second-order valence-corrected chi connectivity index (χ2v) is 8.77. The minimum absolute atomic E-state index is 0.154. The van der Waals surface area contributed by atoms with E-state index in [1.165, 1.54) is 20.2 Å². The summed E-state index contributed by atoms with van der Waals surface area (Å²) in [6, 6.07) is 1.24. The summed E-state index contributed by atoms with van der Waals surface area (Å²) >= 11 is 0. The molecule has 1 aliphatic carbocycles. The first-order valence-corrected chi connectivity index (χ1v) is 9.14. The third kappa shape index (κ3) is 2.71. The van der Waals surface area contributed by atoms with Gasteiger partial charge in [-0.15, -0.1) is 0 Å². The molecule has 1 aromatic rings. The number of amides is 1. The van der Waals surface area contributed by atoms with Gasteiger partial charge in [-0.25, -0.2) is 12.7 Å². The largest absolute Gasteiger partial charge is 0.481 e. The molecule has 1 saturated heterocycles. The Balaban J connectivity index is 1.67.